The van der Waals surface area contributed by atoms with Crippen molar-refractivity contribution in [3.8, 4) is 5.75 Å². The zero-order valence-electron chi connectivity index (χ0n) is 18.6. The summed E-state index contributed by atoms with van der Waals surface area (Å²) in [4.78, 5) is 39.4. The van der Waals surface area contributed by atoms with Gasteiger partial charge in [-0.2, -0.15) is 0 Å². The lowest BCUT2D eigenvalue weighted by atomic mass is 10.1. The first-order valence-electron chi connectivity index (χ1n) is 10.6. The molecule has 0 saturated carbocycles. The number of nitrogen functional groups attached to an aromatic ring is 1. The maximum Gasteiger partial charge on any atom is 0.343 e. The van der Waals surface area contributed by atoms with E-state index in [9.17, 15) is 14.4 Å². The first kappa shape index (κ1) is 23.1. The molecule has 172 valence electrons. The summed E-state index contributed by atoms with van der Waals surface area (Å²) in [5.74, 6) is -1.44. The molecule has 0 saturated heterocycles. The lowest BCUT2D eigenvalue weighted by Gasteiger charge is -2.18. The first-order valence-corrected chi connectivity index (χ1v) is 11.0. The minimum atomic E-state index is -0.592. The predicted molar refractivity (Wildman–Crippen MR) is 132 cm³/mol. The van der Waals surface area contributed by atoms with Gasteiger partial charge in [0.2, 0.25) is 0 Å². The molecule has 1 aliphatic heterocycles. The summed E-state index contributed by atoms with van der Waals surface area (Å²) in [6, 6.07) is 18.6. The highest BCUT2D eigenvalue weighted by atomic mass is 35.5. The lowest BCUT2D eigenvalue weighted by Crippen LogP contribution is -2.33. The largest absolute Gasteiger partial charge is 0.421 e. The number of hydrogen-bond donors (Lipinski definition) is 2. The summed E-state index contributed by atoms with van der Waals surface area (Å²) < 4.78 is 5.37. The van der Waals surface area contributed by atoms with Gasteiger partial charge in [0.05, 0.1) is 16.9 Å². The van der Waals surface area contributed by atoms with Gasteiger partial charge < -0.3 is 15.8 Å². The molecule has 0 radical (unpaired) electrons. The van der Waals surface area contributed by atoms with Crippen LogP contribution in [0, 0.1) is 6.92 Å². The zero-order chi connectivity index (χ0) is 24.4. The van der Waals surface area contributed by atoms with E-state index in [-0.39, 0.29) is 22.0 Å². The molecule has 7 nitrogen and oxygen atoms in total. The summed E-state index contributed by atoms with van der Waals surface area (Å²) in [5.41, 5.74) is 9.32. The van der Waals surface area contributed by atoms with Crippen molar-refractivity contribution in [3.63, 3.8) is 0 Å². The number of carbonyl (C=O) groups is 3. The van der Waals surface area contributed by atoms with Gasteiger partial charge in [0, 0.05) is 5.69 Å². The number of nitrogens with one attached hydrogen (secondary N) is 1. The Morgan fingerprint density at radius 1 is 1.03 bits per heavy atom. The highest BCUT2D eigenvalue weighted by Gasteiger charge is 2.39. The number of esters is 1. The van der Waals surface area contributed by atoms with Gasteiger partial charge in [0.1, 0.15) is 10.7 Å². The van der Waals surface area contributed by atoms with E-state index < -0.39 is 17.8 Å². The molecule has 8 heteroatoms. The molecule has 0 aromatic heterocycles. The number of ether oxygens (including phenoxy) is 1. The first-order chi connectivity index (χ1) is 16.3. The van der Waals surface area contributed by atoms with Crippen LogP contribution in [-0.2, 0) is 16.0 Å². The number of nitrogens with two attached hydrogens (primary N) is 1. The highest BCUT2D eigenvalue weighted by molar-refractivity contribution is 6.53. The van der Waals surface area contributed by atoms with Gasteiger partial charge in [-0.25, -0.2) is 9.69 Å². The Morgan fingerprint density at radius 3 is 2.41 bits per heavy atom. The minimum Gasteiger partial charge on any atom is -0.421 e. The maximum atomic E-state index is 13.0. The molecule has 1 aliphatic rings. The molecule has 0 spiro atoms. The number of rotatable bonds is 6. The molecule has 4 rings (SSSR count). The Morgan fingerprint density at radius 2 is 1.74 bits per heavy atom. The van der Waals surface area contributed by atoms with Crippen LogP contribution in [0.15, 0.2) is 77.5 Å². The number of halogens is 1. The summed E-state index contributed by atoms with van der Waals surface area (Å²) in [6.07, 6.45) is 0.652. The van der Waals surface area contributed by atoms with Gasteiger partial charge in [-0.15, -0.1) is 0 Å². The monoisotopic (exact) mass is 475 g/mol. The molecule has 3 aromatic rings. The topological polar surface area (TPSA) is 102 Å². The standard InChI is InChI=1S/C26H22ClN3O4/c1-3-16-6-4-5-7-20(16)30-24(31)22(27)23(25(30)32)29-18-11-9-17(10-12-18)26(33)34-21-13-8-15(2)14-19(21)28/h4-14,29H,3,28H2,1-2H3. The number of amides is 2. The van der Waals surface area contributed by atoms with E-state index >= 15 is 0 Å². The molecule has 0 aliphatic carbocycles. The fraction of sp³-hybridized carbons (Fsp3) is 0.115. The van der Waals surface area contributed by atoms with Crippen molar-refractivity contribution in [2.75, 3.05) is 16.0 Å². The minimum absolute atomic E-state index is 0.0275. The Labute approximate surface area is 201 Å². The molecule has 1 heterocycles. The number of hydrogen-bond acceptors (Lipinski definition) is 6. The second-order valence-electron chi connectivity index (χ2n) is 7.75. The van der Waals surface area contributed by atoms with Crippen LogP contribution in [0.1, 0.15) is 28.4 Å². The summed E-state index contributed by atoms with van der Waals surface area (Å²) in [7, 11) is 0. The maximum absolute atomic E-state index is 13.0. The Hall–Kier alpha value is -4.10. The van der Waals surface area contributed by atoms with Crippen LogP contribution in [0.2, 0.25) is 0 Å². The zero-order valence-corrected chi connectivity index (χ0v) is 19.3. The van der Waals surface area contributed by atoms with E-state index in [2.05, 4.69) is 5.32 Å². The van der Waals surface area contributed by atoms with Gasteiger partial charge in [-0.1, -0.05) is 42.8 Å². The third-order valence-corrected chi connectivity index (χ3v) is 5.75. The SMILES string of the molecule is CCc1ccccc1N1C(=O)C(Cl)=C(Nc2ccc(C(=O)Oc3ccc(C)cc3N)cc2)C1=O. The van der Waals surface area contributed by atoms with Crippen molar-refractivity contribution < 1.29 is 19.1 Å². The van der Waals surface area contributed by atoms with Crippen molar-refractivity contribution in [2.24, 2.45) is 0 Å². The average molecular weight is 476 g/mol. The Bertz CT molecular complexity index is 1330. The van der Waals surface area contributed by atoms with Gasteiger partial charge in [0.15, 0.2) is 5.75 Å². The van der Waals surface area contributed by atoms with Crippen molar-refractivity contribution in [1.29, 1.82) is 0 Å². The number of carbonyl (C=O) groups excluding carboxylic acids is 3. The van der Waals surface area contributed by atoms with Crippen molar-refractivity contribution >= 4 is 46.4 Å². The number of imide groups is 1. The smallest absolute Gasteiger partial charge is 0.343 e. The molecule has 3 aromatic carbocycles. The normalized spacial score (nSPS) is 13.4. The van der Waals surface area contributed by atoms with Crippen LogP contribution in [0.25, 0.3) is 0 Å². The van der Waals surface area contributed by atoms with E-state index in [0.717, 1.165) is 16.0 Å². The molecule has 0 bridgehead atoms. The Kier molecular flexibility index (Phi) is 6.38. The van der Waals surface area contributed by atoms with Gasteiger partial charge in [0.25, 0.3) is 11.8 Å². The van der Waals surface area contributed by atoms with Crippen LogP contribution in [0.4, 0.5) is 17.1 Å². The highest BCUT2D eigenvalue weighted by Crippen LogP contribution is 2.32. The fourth-order valence-electron chi connectivity index (χ4n) is 3.61. The molecular formula is C26H22ClN3O4. The van der Waals surface area contributed by atoms with Crippen molar-refractivity contribution in [1.82, 2.24) is 0 Å². The van der Waals surface area contributed by atoms with Crippen molar-refractivity contribution in [3.05, 3.63) is 94.1 Å². The van der Waals surface area contributed by atoms with Crippen LogP contribution in [0.5, 0.6) is 5.75 Å². The van der Waals surface area contributed by atoms with Gasteiger partial charge in [-0.3, -0.25) is 9.59 Å². The molecule has 0 fully saturated rings. The number of para-hydroxylation sites is 1. The Balaban J connectivity index is 1.50. The van der Waals surface area contributed by atoms with E-state index in [0.29, 0.717) is 23.5 Å². The lowest BCUT2D eigenvalue weighted by molar-refractivity contribution is -0.120. The van der Waals surface area contributed by atoms with E-state index in [1.807, 2.05) is 26.0 Å². The summed E-state index contributed by atoms with van der Waals surface area (Å²) in [5, 5.41) is 2.70. The van der Waals surface area contributed by atoms with E-state index in [1.54, 1.807) is 42.5 Å². The number of nitrogens with zero attached hydrogens (tertiary/aromatic N) is 1. The molecule has 3 N–H and O–H groups in total. The van der Waals surface area contributed by atoms with E-state index in [4.69, 9.17) is 22.1 Å². The fourth-order valence-corrected chi connectivity index (χ4v) is 3.82. The van der Waals surface area contributed by atoms with E-state index in [1.165, 1.54) is 12.1 Å². The predicted octanol–water partition coefficient (Wildman–Crippen LogP) is 4.79. The van der Waals surface area contributed by atoms with Gasteiger partial charge in [-0.05, 0) is 66.9 Å². The second kappa shape index (κ2) is 9.41. The molecule has 2 amide bonds. The number of benzene rings is 3. The number of aryl methyl sites for hydroxylation is 2. The van der Waals surface area contributed by atoms with Crippen LogP contribution in [0.3, 0.4) is 0 Å². The molecule has 0 unspecified atom stereocenters. The summed E-state index contributed by atoms with van der Waals surface area (Å²) in [6.45, 7) is 3.83. The molecule has 0 atom stereocenters. The summed E-state index contributed by atoms with van der Waals surface area (Å²) >= 11 is 6.23. The quantitative estimate of drug-likeness (QED) is 0.230. The number of anilines is 3. The molecular weight excluding hydrogens is 454 g/mol. The average Bonchev–Trinajstić information content (AvgIpc) is 3.04. The second-order valence-corrected chi connectivity index (χ2v) is 8.13. The van der Waals surface area contributed by atoms with Crippen LogP contribution in [-0.4, -0.2) is 17.8 Å². The third-order valence-electron chi connectivity index (χ3n) is 5.40. The van der Waals surface area contributed by atoms with Crippen LogP contribution >= 0.6 is 11.6 Å². The van der Waals surface area contributed by atoms with Crippen LogP contribution < -0.4 is 20.7 Å². The third kappa shape index (κ3) is 4.38. The van der Waals surface area contributed by atoms with Gasteiger partial charge >= 0.3 is 5.97 Å². The molecule has 34 heavy (non-hydrogen) atoms. The van der Waals surface area contributed by atoms with Crippen molar-refractivity contribution in [2.45, 2.75) is 20.3 Å².